The van der Waals surface area contributed by atoms with Crippen LogP contribution in [0.4, 0.5) is 0 Å². The maximum Gasteiger partial charge on any atom is 0.241 e. The molecule has 186 valence electrons. The van der Waals surface area contributed by atoms with Gasteiger partial charge in [-0.25, -0.2) is 0 Å². The highest BCUT2D eigenvalue weighted by Crippen LogP contribution is 2.31. The standard InChI is InChI=1S/C26H32N4O5/c1-29(15-18-7-10-21(32-2)11-8-18)26(31)20-6-5-13-30(16-20)17-24-27-25(28-35-24)19-9-12-22(33-3)23(14-19)34-4/h7-12,14,20H,5-6,13,15-17H2,1-4H3. The van der Waals surface area contributed by atoms with Crippen molar-refractivity contribution in [3.63, 3.8) is 0 Å². The molecule has 1 saturated heterocycles. The summed E-state index contributed by atoms with van der Waals surface area (Å²) in [6.45, 7) is 2.63. The lowest BCUT2D eigenvalue weighted by atomic mass is 9.96. The van der Waals surface area contributed by atoms with Crippen LogP contribution in [0.5, 0.6) is 17.2 Å². The number of amides is 1. The average Bonchev–Trinajstić information content (AvgIpc) is 3.36. The summed E-state index contributed by atoms with van der Waals surface area (Å²) >= 11 is 0. The topological polar surface area (TPSA) is 90.2 Å². The van der Waals surface area contributed by atoms with E-state index in [1.165, 1.54) is 0 Å². The van der Waals surface area contributed by atoms with Crippen LogP contribution >= 0.6 is 0 Å². The first kappa shape index (κ1) is 24.5. The molecule has 9 nitrogen and oxygen atoms in total. The molecule has 1 aliphatic heterocycles. The Bertz CT molecular complexity index is 1130. The number of likely N-dealkylation sites (tertiary alicyclic amines) is 1. The molecule has 2 aromatic carbocycles. The fourth-order valence-corrected chi connectivity index (χ4v) is 4.40. The van der Waals surface area contributed by atoms with Gasteiger partial charge in [0.05, 0.1) is 33.8 Å². The van der Waals surface area contributed by atoms with Gasteiger partial charge >= 0.3 is 0 Å². The summed E-state index contributed by atoms with van der Waals surface area (Å²) in [5.41, 5.74) is 1.85. The smallest absolute Gasteiger partial charge is 0.241 e. The van der Waals surface area contributed by atoms with Crippen LogP contribution in [-0.4, -0.2) is 67.3 Å². The lowest BCUT2D eigenvalue weighted by Gasteiger charge is -2.33. The Hall–Kier alpha value is -3.59. The molecule has 4 rings (SSSR count). The highest BCUT2D eigenvalue weighted by Gasteiger charge is 2.29. The summed E-state index contributed by atoms with van der Waals surface area (Å²) in [6, 6.07) is 13.3. The van der Waals surface area contributed by atoms with Gasteiger partial charge in [-0.15, -0.1) is 0 Å². The van der Waals surface area contributed by atoms with E-state index < -0.39 is 0 Å². The van der Waals surface area contributed by atoms with Gasteiger partial charge in [-0.3, -0.25) is 9.69 Å². The Balaban J connectivity index is 1.35. The van der Waals surface area contributed by atoms with E-state index in [4.69, 9.17) is 18.7 Å². The number of benzene rings is 2. The van der Waals surface area contributed by atoms with Crippen LogP contribution in [-0.2, 0) is 17.9 Å². The second kappa shape index (κ2) is 11.2. The predicted octanol–water partition coefficient (Wildman–Crippen LogP) is 3.63. The number of nitrogens with zero attached hydrogens (tertiary/aromatic N) is 4. The number of piperidine rings is 1. The van der Waals surface area contributed by atoms with E-state index in [-0.39, 0.29) is 11.8 Å². The van der Waals surface area contributed by atoms with Gasteiger partial charge in [0.15, 0.2) is 11.5 Å². The first-order valence-electron chi connectivity index (χ1n) is 11.7. The van der Waals surface area contributed by atoms with Crippen molar-refractivity contribution in [1.29, 1.82) is 0 Å². The molecule has 3 aromatic rings. The molecule has 0 N–H and O–H groups in total. The fourth-order valence-electron chi connectivity index (χ4n) is 4.40. The van der Waals surface area contributed by atoms with Gasteiger partial charge in [-0.05, 0) is 55.3 Å². The zero-order chi connectivity index (χ0) is 24.8. The molecule has 0 radical (unpaired) electrons. The number of rotatable bonds is 9. The summed E-state index contributed by atoms with van der Waals surface area (Å²) in [5, 5.41) is 4.13. The molecule has 9 heteroatoms. The number of aromatic nitrogens is 2. The van der Waals surface area contributed by atoms with Crippen LogP contribution in [0.3, 0.4) is 0 Å². The second-order valence-corrected chi connectivity index (χ2v) is 8.70. The van der Waals surface area contributed by atoms with Gasteiger partial charge in [0.25, 0.3) is 0 Å². The van der Waals surface area contributed by atoms with Crippen LogP contribution < -0.4 is 14.2 Å². The van der Waals surface area contributed by atoms with Crippen LogP contribution in [0.2, 0.25) is 0 Å². The van der Waals surface area contributed by atoms with E-state index in [1.807, 2.05) is 49.5 Å². The van der Waals surface area contributed by atoms with Crippen molar-refractivity contribution >= 4 is 5.91 Å². The van der Waals surface area contributed by atoms with Crippen LogP contribution in [0.15, 0.2) is 47.0 Å². The van der Waals surface area contributed by atoms with E-state index in [2.05, 4.69) is 15.0 Å². The Labute approximate surface area is 205 Å². The molecular formula is C26H32N4O5. The van der Waals surface area contributed by atoms with Gasteiger partial charge in [-0.1, -0.05) is 17.3 Å². The number of carbonyl (C=O) groups excluding carboxylic acids is 1. The summed E-state index contributed by atoms with van der Waals surface area (Å²) in [5.74, 6) is 3.16. The highest BCUT2D eigenvalue weighted by molar-refractivity contribution is 5.79. The molecule has 1 aliphatic rings. The number of carbonyl (C=O) groups is 1. The van der Waals surface area contributed by atoms with Gasteiger partial charge in [-0.2, -0.15) is 4.98 Å². The molecule has 0 saturated carbocycles. The molecule has 1 aromatic heterocycles. The van der Waals surface area contributed by atoms with E-state index in [9.17, 15) is 4.79 Å². The Morgan fingerprint density at radius 1 is 1.09 bits per heavy atom. The monoisotopic (exact) mass is 480 g/mol. The van der Waals surface area contributed by atoms with E-state index >= 15 is 0 Å². The van der Waals surface area contributed by atoms with Crippen molar-refractivity contribution in [3.05, 3.63) is 53.9 Å². The Morgan fingerprint density at radius 3 is 2.57 bits per heavy atom. The van der Waals surface area contributed by atoms with Gasteiger partial charge in [0, 0.05) is 25.7 Å². The normalized spacial score (nSPS) is 16.1. The molecule has 2 heterocycles. The highest BCUT2D eigenvalue weighted by atomic mass is 16.5. The van der Waals surface area contributed by atoms with Crippen molar-refractivity contribution < 1.29 is 23.5 Å². The SMILES string of the molecule is COc1ccc(CN(C)C(=O)C2CCCN(Cc3nc(-c4ccc(OC)c(OC)c4)no3)C2)cc1. The van der Waals surface area contributed by atoms with Crippen molar-refractivity contribution in [1.82, 2.24) is 19.9 Å². The third-order valence-electron chi connectivity index (χ3n) is 6.28. The summed E-state index contributed by atoms with van der Waals surface area (Å²) in [6.07, 6.45) is 1.83. The zero-order valence-corrected chi connectivity index (χ0v) is 20.7. The van der Waals surface area contributed by atoms with Crippen molar-refractivity contribution in [3.8, 4) is 28.6 Å². The fraction of sp³-hybridized carbons (Fsp3) is 0.423. The molecule has 1 atom stereocenters. The Kier molecular flexibility index (Phi) is 7.87. The summed E-state index contributed by atoms with van der Waals surface area (Å²) in [4.78, 5) is 21.7. The maximum atomic E-state index is 13.1. The quantitative estimate of drug-likeness (QED) is 0.459. The molecular weight excluding hydrogens is 448 g/mol. The summed E-state index contributed by atoms with van der Waals surface area (Å²) < 4.78 is 21.4. The van der Waals surface area contributed by atoms with E-state index in [1.54, 1.807) is 26.2 Å². The average molecular weight is 481 g/mol. The number of methoxy groups -OCH3 is 3. The minimum absolute atomic E-state index is 0.0553. The lowest BCUT2D eigenvalue weighted by Crippen LogP contribution is -2.43. The maximum absolute atomic E-state index is 13.1. The summed E-state index contributed by atoms with van der Waals surface area (Å²) in [7, 11) is 6.69. The largest absolute Gasteiger partial charge is 0.497 e. The molecule has 0 spiro atoms. The second-order valence-electron chi connectivity index (χ2n) is 8.70. The number of hydrogen-bond donors (Lipinski definition) is 0. The molecule has 35 heavy (non-hydrogen) atoms. The van der Waals surface area contributed by atoms with Crippen molar-refractivity contribution in [2.75, 3.05) is 41.5 Å². The van der Waals surface area contributed by atoms with Crippen LogP contribution in [0.1, 0.15) is 24.3 Å². The lowest BCUT2D eigenvalue weighted by molar-refractivity contribution is -0.136. The Morgan fingerprint density at radius 2 is 1.86 bits per heavy atom. The molecule has 1 fully saturated rings. The van der Waals surface area contributed by atoms with Gasteiger partial charge in [0.1, 0.15) is 5.75 Å². The number of ether oxygens (including phenoxy) is 3. The van der Waals surface area contributed by atoms with E-state index in [0.29, 0.717) is 42.8 Å². The van der Waals surface area contributed by atoms with Gasteiger partial charge < -0.3 is 23.6 Å². The van der Waals surface area contributed by atoms with Crippen molar-refractivity contribution in [2.24, 2.45) is 5.92 Å². The molecule has 0 aliphatic carbocycles. The van der Waals surface area contributed by atoms with Crippen LogP contribution in [0, 0.1) is 5.92 Å². The minimum atomic E-state index is -0.0553. The first-order valence-corrected chi connectivity index (χ1v) is 11.7. The van der Waals surface area contributed by atoms with Crippen LogP contribution in [0.25, 0.3) is 11.4 Å². The minimum Gasteiger partial charge on any atom is -0.497 e. The van der Waals surface area contributed by atoms with Gasteiger partial charge in [0.2, 0.25) is 17.6 Å². The molecule has 0 bridgehead atoms. The molecule has 1 unspecified atom stereocenters. The first-order chi connectivity index (χ1) is 17.0. The van der Waals surface area contributed by atoms with Crippen molar-refractivity contribution in [2.45, 2.75) is 25.9 Å². The molecule has 1 amide bonds. The zero-order valence-electron chi connectivity index (χ0n) is 20.7. The number of hydrogen-bond acceptors (Lipinski definition) is 8. The third kappa shape index (κ3) is 5.92. The van der Waals surface area contributed by atoms with E-state index in [0.717, 1.165) is 36.3 Å². The third-order valence-corrected chi connectivity index (χ3v) is 6.28. The predicted molar refractivity (Wildman–Crippen MR) is 130 cm³/mol.